The Labute approximate surface area is 156 Å². The Balaban J connectivity index is 1.64. The first-order valence-corrected chi connectivity index (χ1v) is 9.34. The van der Waals surface area contributed by atoms with Crippen LogP contribution in [0.5, 0.6) is 5.75 Å². The predicted molar refractivity (Wildman–Crippen MR) is 101 cm³/mol. The number of carbonyl (C=O) groups excluding carboxylic acids is 1. The maximum absolute atomic E-state index is 11.7. The van der Waals surface area contributed by atoms with Crippen molar-refractivity contribution < 1.29 is 14.3 Å². The summed E-state index contributed by atoms with van der Waals surface area (Å²) in [7, 11) is 1.86. The monoisotopic (exact) mass is 371 g/mol. The first-order chi connectivity index (χ1) is 12.5. The third-order valence-electron chi connectivity index (χ3n) is 3.72. The van der Waals surface area contributed by atoms with E-state index in [9.17, 15) is 4.79 Å². The van der Waals surface area contributed by atoms with Crippen molar-refractivity contribution in [2.45, 2.75) is 31.7 Å². The maximum Gasteiger partial charge on any atom is 0.316 e. The third kappa shape index (κ3) is 4.35. The van der Waals surface area contributed by atoms with E-state index < -0.39 is 0 Å². The molecule has 1 heterocycles. The Kier molecular flexibility index (Phi) is 5.78. The fourth-order valence-corrected chi connectivity index (χ4v) is 3.19. The number of thioether (sulfide) groups is 1. The molecule has 0 saturated carbocycles. The van der Waals surface area contributed by atoms with Crippen molar-refractivity contribution in [2.75, 3.05) is 5.75 Å². The van der Waals surface area contributed by atoms with E-state index in [1.807, 2.05) is 55.8 Å². The average molecular weight is 371 g/mol. The zero-order valence-electron chi connectivity index (χ0n) is 15.0. The maximum atomic E-state index is 11.7. The molecule has 2 aromatic carbocycles. The molecule has 0 atom stereocenters. The van der Waals surface area contributed by atoms with Gasteiger partial charge in [0.25, 0.3) is 0 Å². The molecule has 0 fully saturated rings. The first kappa shape index (κ1) is 18.3. The van der Waals surface area contributed by atoms with E-state index in [-0.39, 0.29) is 17.8 Å². The van der Waals surface area contributed by atoms with Gasteiger partial charge in [-0.3, -0.25) is 4.79 Å². The van der Waals surface area contributed by atoms with Gasteiger partial charge in [-0.1, -0.05) is 48.2 Å². The number of benzene rings is 2. The fraction of sp³-hybridized carbons (Fsp3) is 0.316. The van der Waals surface area contributed by atoms with Crippen LogP contribution in [-0.4, -0.2) is 32.6 Å². The van der Waals surface area contributed by atoms with Gasteiger partial charge in [-0.05, 0) is 25.3 Å². The smallest absolute Gasteiger partial charge is 0.316 e. The average Bonchev–Trinajstić information content (AvgIpc) is 2.97. The van der Waals surface area contributed by atoms with Gasteiger partial charge in [0.05, 0.1) is 11.9 Å². The molecule has 7 heteroatoms. The zero-order valence-corrected chi connectivity index (χ0v) is 15.8. The molecule has 0 amide bonds. The number of nitrogens with zero attached hydrogens (tertiary/aromatic N) is 3. The van der Waals surface area contributed by atoms with E-state index in [0.29, 0.717) is 17.6 Å². The van der Waals surface area contributed by atoms with Crippen molar-refractivity contribution in [3.63, 3.8) is 0 Å². The van der Waals surface area contributed by atoms with Gasteiger partial charge >= 0.3 is 5.97 Å². The van der Waals surface area contributed by atoms with Gasteiger partial charge < -0.3 is 14.0 Å². The second kappa shape index (κ2) is 8.23. The van der Waals surface area contributed by atoms with Crippen LogP contribution in [0.4, 0.5) is 0 Å². The Hall–Kier alpha value is -2.54. The summed E-state index contributed by atoms with van der Waals surface area (Å²) in [5.41, 5.74) is 0. The van der Waals surface area contributed by atoms with Gasteiger partial charge in [-0.15, -0.1) is 10.2 Å². The van der Waals surface area contributed by atoms with Crippen molar-refractivity contribution >= 4 is 28.5 Å². The molecule has 136 valence electrons. The lowest BCUT2D eigenvalue weighted by molar-refractivity contribution is -0.144. The number of hydrogen-bond acceptors (Lipinski definition) is 6. The number of esters is 1. The number of fused-ring (bicyclic) bond motifs is 1. The van der Waals surface area contributed by atoms with E-state index in [1.165, 1.54) is 11.8 Å². The van der Waals surface area contributed by atoms with Crippen molar-refractivity contribution in [3.05, 3.63) is 48.3 Å². The minimum absolute atomic E-state index is 0.118. The molecule has 0 bridgehead atoms. The molecule has 1 aromatic heterocycles. The Bertz CT molecular complexity index is 903. The molecule has 0 unspecified atom stereocenters. The van der Waals surface area contributed by atoms with Gasteiger partial charge in [0, 0.05) is 12.4 Å². The van der Waals surface area contributed by atoms with Crippen LogP contribution in [0.1, 0.15) is 19.7 Å². The summed E-state index contributed by atoms with van der Waals surface area (Å²) < 4.78 is 12.9. The van der Waals surface area contributed by atoms with Crippen LogP contribution in [0.15, 0.2) is 47.6 Å². The molecule has 26 heavy (non-hydrogen) atoms. The van der Waals surface area contributed by atoms with E-state index >= 15 is 0 Å². The van der Waals surface area contributed by atoms with E-state index in [2.05, 4.69) is 22.3 Å². The normalized spacial score (nSPS) is 11.1. The standard InChI is InChI=1S/C19H21N3O3S/c1-13(2)25-18(23)12-26-19-21-20-17(22(19)3)11-24-16-10-6-8-14-7-4-5-9-15(14)16/h4-10,13H,11-12H2,1-3H3. The summed E-state index contributed by atoms with van der Waals surface area (Å²) in [5.74, 6) is 1.44. The van der Waals surface area contributed by atoms with Crippen molar-refractivity contribution in [2.24, 2.45) is 7.05 Å². The first-order valence-electron chi connectivity index (χ1n) is 8.35. The highest BCUT2D eigenvalue weighted by Crippen LogP contribution is 2.26. The Morgan fingerprint density at radius 1 is 1.15 bits per heavy atom. The summed E-state index contributed by atoms with van der Waals surface area (Å²) in [5, 5.41) is 11.1. The van der Waals surface area contributed by atoms with Gasteiger partial charge in [-0.2, -0.15) is 0 Å². The minimum Gasteiger partial charge on any atom is -0.485 e. The Morgan fingerprint density at radius 2 is 1.92 bits per heavy atom. The SMILES string of the molecule is CC(C)OC(=O)CSc1nnc(COc2cccc3ccccc23)n1C. The van der Waals surface area contributed by atoms with Crippen molar-refractivity contribution in [1.29, 1.82) is 0 Å². The summed E-state index contributed by atoms with van der Waals surface area (Å²) >= 11 is 1.30. The highest BCUT2D eigenvalue weighted by Gasteiger charge is 2.13. The molecule has 0 N–H and O–H groups in total. The lowest BCUT2D eigenvalue weighted by Gasteiger charge is -2.09. The molecule has 0 radical (unpaired) electrons. The molecule has 0 aliphatic carbocycles. The fourth-order valence-electron chi connectivity index (χ4n) is 2.48. The summed E-state index contributed by atoms with van der Waals surface area (Å²) in [6.07, 6.45) is -0.118. The number of ether oxygens (including phenoxy) is 2. The van der Waals surface area contributed by atoms with E-state index in [0.717, 1.165) is 16.5 Å². The van der Waals surface area contributed by atoms with Gasteiger partial charge in [-0.25, -0.2) is 0 Å². The van der Waals surface area contributed by atoms with Gasteiger partial charge in [0.1, 0.15) is 12.4 Å². The minimum atomic E-state index is -0.262. The van der Waals surface area contributed by atoms with Crippen LogP contribution in [0.3, 0.4) is 0 Å². The summed E-state index contributed by atoms with van der Waals surface area (Å²) in [6.45, 7) is 3.95. The van der Waals surface area contributed by atoms with E-state index in [4.69, 9.17) is 9.47 Å². The van der Waals surface area contributed by atoms with Crippen LogP contribution in [0, 0.1) is 0 Å². The number of hydrogen-bond donors (Lipinski definition) is 0. The number of rotatable bonds is 7. The van der Waals surface area contributed by atoms with Gasteiger partial charge in [0.15, 0.2) is 11.0 Å². The predicted octanol–water partition coefficient (Wildman–Crippen LogP) is 3.59. The summed E-state index contributed by atoms with van der Waals surface area (Å²) in [4.78, 5) is 11.7. The molecule has 0 spiro atoms. The lowest BCUT2D eigenvalue weighted by atomic mass is 10.1. The molecule has 3 aromatic rings. The van der Waals surface area contributed by atoms with Crippen LogP contribution < -0.4 is 4.74 Å². The van der Waals surface area contributed by atoms with Crippen molar-refractivity contribution in [1.82, 2.24) is 14.8 Å². The lowest BCUT2D eigenvalue weighted by Crippen LogP contribution is -2.13. The second-order valence-electron chi connectivity index (χ2n) is 6.05. The highest BCUT2D eigenvalue weighted by molar-refractivity contribution is 7.99. The molecule has 0 saturated heterocycles. The number of aromatic nitrogens is 3. The largest absolute Gasteiger partial charge is 0.485 e. The highest BCUT2D eigenvalue weighted by atomic mass is 32.2. The van der Waals surface area contributed by atoms with Crippen LogP contribution in [-0.2, 0) is 23.2 Å². The second-order valence-corrected chi connectivity index (χ2v) is 6.99. The zero-order chi connectivity index (χ0) is 18.5. The van der Waals surface area contributed by atoms with Gasteiger partial charge in [0.2, 0.25) is 0 Å². The molecule has 0 aliphatic heterocycles. The van der Waals surface area contributed by atoms with Crippen LogP contribution in [0.2, 0.25) is 0 Å². The molecular formula is C19H21N3O3S. The Morgan fingerprint density at radius 3 is 2.73 bits per heavy atom. The third-order valence-corrected chi connectivity index (χ3v) is 4.71. The molecule has 3 rings (SSSR count). The van der Waals surface area contributed by atoms with Crippen LogP contribution >= 0.6 is 11.8 Å². The molecule has 0 aliphatic rings. The van der Waals surface area contributed by atoms with E-state index in [1.54, 1.807) is 0 Å². The topological polar surface area (TPSA) is 66.2 Å². The number of carbonyl (C=O) groups is 1. The quantitative estimate of drug-likeness (QED) is 0.467. The molecular weight excluding hydrogens is 350 g/mol. The van der Waals surface area contributed by atoms with Crippen LogP contribution in [0.25, 0.3) is 10.8 Å². The summed E-state index contributed by atoms with van der Waals surface area (Å²) in [6, 6.07) is 14.0. The molecule has 6 nitrogen and oxygen atoms in total. The van der Waals surface area contributed by atoms with Crippen molar-refractivity contribution in [3.8, 4) is 5.75 Å².